The lowest BCUT2D eigenvalue weighted by Gasteiger charge is -2.00. The molecule has 0 fully saturated rings. The zero-order chi connectivity index (χ0) is 10.8. The summed E-state index contributed by atoms with van der Waals surface area (Å²) in [5, 5.41) is 17.2. The number of rotatable bonds is 2. The van der Waals surface area contributed by atoms with Crippen LogP contribution in [0, 0.1) is 0 Å². The number of hydrogen-bond acceptors (Lipinski definition) is 4. The largest absolute Gasteiger partial charge is 0.508 e. The van der Waals surface area contributed by atoms with Crippen LogP contribution in [0.2, 0.25) is 0 Å². The third-order valence-corrected chi connectivity index (χ3v) is 2.07. The zero-order valence-corrected chi connectivity index (χ0v) is 8.33. The second kappa shape index (κ2) is 3.70. The van der Waals surface area contributed by atoms with Crippen LogP contribution in [0.4, 0.5) is 0 Å². The maximum atomic E-state index is 9.30. The predicted molar refractivity (Wildman–Crippen MR) is 55.6 cm³/mol. The van der Waals surface area contributed by atoms with Crippen LogP contribution in [0.25, 0.3) is 5.69 Å². The van der Waals surface area contributed by atoms with E-state index in [1.807, 2.05) is 13.0 Å². The maximum absolute atomic E-state index is 9.30. The second-order valence-electron chi connectivity index (χ2n) is 3.40. The Kier molecular flexibility index (Phi) is 2.39. The maximum Gasteiger partial charge on any atom is 0.117 e. The number of hydrogen-bond donors (Lipinski definition) is 2. The fourth-order valence-corrected chi connectivity index (χ4v) is 1.25. The molecule has 2 rings (SSSR count). The summed E-state index contributed by atoms with van der Waals surface area (Å²) in [6.45, 7) is 1.84. The van der Waals surface area contributed by atoms with Gasteiger partial charge in [0.2, 0.25) is 0 Å². The Bertz CT molecular complexity index is 464. The Hall–Kier alpha value is -1.88. The predicted octanol–water partition coefficient (Wildman–Crippen LogP) is 0.993. The molecule has 2 aromatic rings. The minimum Gasteiger partial charge on any atom is -0.508 e. The van der Waals surface area contributed by atoms with Crippen molar-refractivity contribution >= 4 is 0 Å². The molecule has 0 radical (unpaired) electrons. The van der Waals surface area contributed by atoms with Crippen LogP contribution in [0.15, 0.2) is 30.5 Å². The highest BCUT2D eigenvalue weighted by molar-refractivity contribution is 5.37. The van der Waals surface area contributed by atoms with E-state index in [4.69, 9.17) is 5.73 Å². The Balaban J connectivity index is 2.37. The number of phenolic OH excluding ortho intramolecular Hbond substituents is 1. The Morgan fingerprint density at radius 3 is 2.87 bits per heavy atom. The highest BCUT2D eigenvalue weighted by Gasteiger charge is 2.06. The van der Waals surface area contributed by atoms with Gasteiger partial charge in [-0.25, -0.2) is 4.68 Å². The molecule has 0 aliphatic carbocycles. The standard InChI is InChI=1S/C10H12N4O/c1-7(11)10-6-14(13-12-10)8-3-2-4-9(15)5-8/h2-7,15H,11H2,1H3. The van der Waals surface area contributed by atoms with Crippen molar-refractivity contribution in [3.63, 3.8) is 0 Å². The second-order valence-corrected chi connectivity index (χ2v) is 3.40. The molecule has 0 saturated heterocycles. The van der Waals surface area contributed by atoms with Crippen molar-refractivity contribution in [2.45, 2.75) is 13.0 Å². The zero-order valence-electron chi connectivity index (χ0n) is 8.33. The molecule has 1 atom stereocenters. The number of nitrogens with two attached hydrogens (primary N) is 1. The van der Waals surface area contributed by atoms with E-state index in [9.17, 15) is 5.11 Å². The number of benzene rings is 1. The molecule has 1 heterocycles. The van der Waals surface area contributed by atoms with Gasteiger partial charge < -0.3 is 10.8 Å². The molecule has 78 valence electrons. The van der Waals surface area contributed by atoms with E-state index in [0.29, 0.717) is 0 Å². The fourth-order valence-electron chi connectivity index (χ4n) is 1.25. The van der Waals surface area contributed by atoms with Gasteiger partial charge in [0, 0.05) is 12.1 Å². The van der Waals surface area contributed by atoms with Crippen molar-refractivity contribution in [1.29, 1.82) is 0 Å². The third kappa shape index (κ3) is 1.97. The van der Waals surface area contributed by atoms with E-state index in [0.717, 1.165) is 11.4 Å². The van der Waals surface area contributed by atoms with E-state index in [2.05, 4.69) is 10.3 Å². The molecule has 0 saturated carbocycles. The topological polar surface area (TPSA) is 77.0 Å². The molecule has 0 spiro atoms. The van der Waals surface area contributed by atoms with Gasteiger partial charge in [0.25, 0.3) is 0 Å². The van der Waals surface area contributed by atoms with Crippen LogP contribution in [0.1, 0.15) is 18.7 Å². The molecule has 1 aromatic heterocycles. The summed E-state index contributed by atoms with van der Waals surface area (Å²) in [4.78, 5) is 0. The minimum atomic E-state index is -0.143. The first-order valence-electron chi connectivity index (χ1n) is 4.64. The highest BCUT2D eigenvalue weighted by Crippen LogP contribution is 2.15. The molecule has 1 unspecified atom stereocenters. The monoisotopic (exact) mass is 204 g/mol. The SMILES string of the molecule is CC(N)c1cn(-c2cccc(O)c2)nn1. The quantitative estimate of drug-likeness (QED) is 0.764. The first kappa shape index (κ1) is 9.67. The molecule has 1 aromatic carbocycles. The van der Waals surface area contributed by atoms with E-state index in [1.54, 1.807) is 29.1 Å². The Morgan fingerprint density at radius 2 is 2.27 bits per heavy atom. The summed E-state index contributed by atoms with van der Waals surface area (Å²) in [5.74, 6) is 0.199. The van der Waals surface area contributed by atoms with Crippen molar-refractivity contribution in [3.05, 3.63) is 36.2 Å². The Labute approximate surface area is 87.1 Å². The number of aromatic hydroxyl groups is 1. The average molecular weight is 204 g/mol. The van der Waals surface area contributed by atoms with E-state index < -0.39 is 0 Å². The highest BCUT2D eigenvalue weighted by atomic mass is 16.3. The first-order chi connectivity index (χ1) is 7.16. The van der Waals surface area contributed by atoms with Gasteiger partial charge in [-0.1, -0.05) is 11.3 Å². The lowest BCUT2D eigenvalue weighted by atomic mass is 10.3. The van der Waals surface area contributed by atoms with Gasteiger partial charge in [-0.3, -0.25) is 0 Å². The smallest absolute Gasteiger partial charge is 0.117 e. The van der Waals surface area contributed by atoms with Crippen molar-refractivity contribution in [2.24, 2.45) is 5.73 Å². The minimum absolute atomic E-state index is 0.143. The molecule has 3 N–H and O–H groups in total. The molecule has 0 amide bonds. The molecule has 0 aliphatic rings. The average Bonchev–Trinajstić information content (AvgIpc) is 2.66. The summed E-state index contributed by atoms with van der Waals surface area (Å²) in [5.41, 5.74) is 7.15. The summed E-state index contributed by atoms with van der Waals surface area (Å²) in [6.07, 6.45) is 1.75. The van der Waals surface area contributed by atoms with Crippen LogP contribution in [-0.4, -0.2) is 20.1 Å². The van der Waals surface area contributed by atoms with Crippen molar-refractivity contribution in [1.82, 2.24) is 15.0 Å². The number of nitrogens with zero attached hydrogens (tertiary/aromatic N) is 3. The lowest BCUT2D eigenvalue weighted by molar-refractivity contribution is 0.474. The first-order valence-corrected chi connectivity index (χ1v) is 4.64. The van der Waals surface area contributed by atoms with Crippen LogP contribution in [-0.2, 0) is 0 Å². The van der Waals surface area contributed by atoms with Gasteiger partial charge in [-0.05, 0) is 19.1 Å². The Morgan fingerprint density at radius 1 is 1.47 bits per heavy atom. The molecular weight excluding hydrogens is 192 g/mol. The number of phenols is 1. The van der Waals surface area contributed by atoms with Crippen LogP contribution < -0.4 is 5.73 Å². The van der Waals surface area contributed by atoms with E-state index in [-0.39, 0.29) is 11.8 Å². The molecule has 15 heavy (non-hydrogen) atoms. The van der Waals surface area contributed by atoms with Gasteiger partial charge in [-0.2, -0.15) is 0 Å². The third-order valence-electron chi connectivity index (χ3n) is 2.07. The molecule has 5 heteroatoms. The fraction of sp³-hybridized carbons (Fsp3) is 0.200. The van der Waals surface area contributed by atoms with Gasteiger partial charge in [0.15, 0.2) is 0 Å². The van der Waals surface area contributed by atoms with Crippen molar-refractivity contribution < 1.29 is 5.11 Å². The van der Waals surface area contributed by atoms with Crippen molar-refractivity contribution in [3.8, 4) is 11.4 Å². The van der Waals surface area contributed by atoms with Crippen molar-refractivity contribution in [2.75, 3.05) is 0 Å². The summed E-state index contributed by atoms with van der Waals surface area (Å²) in [7, 11) is 0. The molecule has 5 nitrogen and oxygen atoms in total. The van der Waals surface area contributed by atoms with Gasteiger partial charge in [0.05, 0.1) is 17.6 Å². The normalized spacial score (nSPS) is 12.7. The summed E-state index contributed by atoms with van der Waals surface area (Å²) >= 11 is 0. The van der Waals surface area contributed by atoms with Crippen LogP contribution in [0.3, 0.4) is 0 Å². The van der Waals surface area contributed by atoms with Gasteiger partial charge >= 0.3 is 0 Å². The van der Waals surface area contributed by atoms with Gasteiger partial charge in [-0.15, -0.1) is 5.10 Å². The van der Waals surface area contributed by atoms with Crippen LogP contribution >= 0.6 is 0 Å². The molecule has 0 bridgehead atoms. The van der Waals surface area contributed by atoms with Gasteiger partial charge in [0.1, 0.15) is 5.75 Å². The molecular formula is C10H12N4O. The summed E-state index contributed by atoms with van der Waals surface area (Å²) < 4.78 is 1.58. The number of aromatic nitrogens is 3. The summed E-state index contributed by atoms with van der Waals surface area (Å²) in [6, 6.07) is 6.65. The van der Waals surface area contributed by atoms with Crippen LogP contribution in [0.5, 0.6) is 5.75 Å². The molecule has 0 aliphatic heterocycles. The van der Waals surface area contributed by atoms with E-state index in [1.165, 1.54) is 0 Å². The van der Waals surface area contributed by atoms with E-state index >= 15 is 0 Å². The lowest BCUT2D eigenvalue weighted by Crippen LogP contribution is -2.04.